The lowest BCUT2D eigenvalue weighted by Crippen LogP contribution is -2.48. The molecule has 0 N–H and O–H groups in total. The van der Waals surface area contributed by atoms with Crippen LogP contribution in [-0.4, -0.2) is 43.8 Å². The van der Waals surface area contributed by atoms with Crippen LogP contribution in [0.2, 0.25) is 10.0 Å². The molecule has 1 aliphatic rings. The zero-order valence-electron chi connectivity index (χ0n) is 14.4. The summed E-state index contributed by atoms with van der Waals surface area (Å²) < 4.78 is 27.3. The van der Waals surface area contributed by atoms with E-state index in [2.05, 4.69) is 0 Å². The predicted octanol–water partition coefficient (Wildman–Crippen LogP) is 3.72. The second kappa shape index (κ2) is 7.63. The van der Waals surface area contributed by atoms with Crippen molar-refractivity contribution in [2.45, 2.75) is 11.8 Å². The summed E-state index contributed by atoms with van der Waals surface area (Å²) in [7, 11) is -3.73. The van der Waals surface area contributed by atoms with E-state index in [-0.39, 0.29) is 28.7 Å². The van der Waals surface area contributed by atoms with Crippen molar-refractivity contribution in [3.05, 3.63) is 62.1 Å². The Hall–Kier alpha value is -1.87. The molecule has 27 heavy (non-hydrogen) atoms. The van der Waals surface area contributed by atoms with Gasteiger partial charge in [0.2, 0.25) is 10.0 Å². The van der Waals surface area contributed by atoms with Crippen LogP contribution >= 0.6 is 23.2 Å². The standard InChI is InChI=1S/C17H17Cl2N3O4S/c1-12-10-17(16(19)11-15(12)18)27(25,26)21-8-6-20(7-9-21)13-2-4-14(5-3-13)22(23)24/h2-5,10-11H,6-9H2,1H3. The van der Waals surface area contributed by atoms with E-state index in [1.807, 2.05) is 4.90 Å². The van der Waals surface area contributed by atoms with Gasteiger partial charge in [-0.15, -0.1) is 0 Å². The van der Waals surface area contributed by atoms with Gasteiger partial charge < -0.3 is 4.90 Å². The van der Waals surface area contributed by atoms with E-state index in [1.165, 1.54) is 28.6 Å². The molecule has 0 radical (unpaired) electrons. The van der Waals surface area contributed by atoms with Crippen molar-refractivity contribution in [1.82, 2.24) is 4.31 Å². The first-order valence-corrected chi connectivity index (χ1v) is 10.3. The molecule has 144 valence electrons. The highest BCUT2D eigenvalue weighted by Crippen LogP contribution is 2.31. The number of anilines is 1. The number of benzene rings is 2. The summed E-state index contributed by atoms with van der Waals surface area (Å²) in [5.41, 5.74) is 1.48. The number of hydrogen-bond acceptors (Lipinski definition) is 5. The van der Waals surface area contributed by atoms with E-state index in [4.69, 9.17) is 23.2 Å². The fraction of sp³-hybridized carbons (Fsp3) is 0.294. The van der Waals surface area contributed by atoms with E-state index in [0.717, 1.165) is 5.69 Å². The zero-order chi connectivity index (χ0) is 19.8. The first kappa shape index (κ1) is 19.9. The molecule has 1 saturated heterocycles. The lowest BCUT2D eigenvalue weighted by molar-refractivity contribution is -0.384. The zero-order valence-corrected chi connectivity index (χ0v) is 16.8. The minimum Gasteiger partial charge on any atom is -0.369 e. The number of halogens is 2. The van der Waals surface area contributed by atoms with Crippen LogP contribution in [0.5, 0.6) is 0 Å². The number of nitro groups is 1. The van der Waals surface area contributed by atoms with Gasteiger partial charge in [-0.3, -0.25) is 10.1 Å². The van der Waals surface area contributed by atoms with Crippen LogP contribution in [0.15, 0.2) is 41.3 Å². The summed E-state index contributed by atoms with van der Waals surface area (Å²) in [5.74, 6) is 0. The molecule has 1 aliphatic heterocycles. The molecule has 0 unspecified atom stereocenters. The van der Waals surface area contributed by atoms with Crippen LogP contribution in [0.4, 0.5) is 11.4 Å². The van der Waals surface area contributed by atoms with Gasteiger partial charge in [-0.2, -0.15) is 4.31 Å². The van der Waals surface area contributed by atoms with Crippen molar-refractivity contribution >= 4 is 44.6 Å². The molecule has 7 nitrogen and oxygen atoms in total. The predicted molar refractivity (Wildman–Crippen MR) is 105 cm³/mol. The number of sulfonamides is 1. The first-order chi connectivity index (χ1) is 12.7. The molecule has 2 aromatic carbocycles. The minimum absolute atomic E-state index is 0.0210. The van der Waals surface area contributed by atoms with Crippen molar-refractivity contribution in [2.75, 3.05) is 31.1 Å². The third-order valence-corrected chi connectivity index (χ3v) is 7.27. The van der Waals surface area contributed by atoms with E-state index in [0.29, 0.717) is 23.7 Å². The normalized spacial score (nSPS) is 15.7. The maximum Gasteiger partial charge on any atom is 0.269 e. The molecule has 10 heteroatoms. The number of hydrogen-bond donors (Lipinski definition) is 0. The number of non-ortho nitro benzene ring substituents is 1. The Bertz CT molecular complexity index is 972. The smallest absolute Gasteiger partial charge is 0.269 e. The molecule has 0 saturated carbocycles. The van der Waals surface area contributed by atoms with Gasteiger partial charge >= 0.3 is 0 Å². The van der Waals surface area contributed by atoms with E-state index in [9.17, 15) is 18.5 Å². The van der Waals surface area contributed by atoms with Gasteiger partial charge in [0.15, 0.2) is 0 Å². The Morgan fingerprint density at radius 2 is 1.59 bits per heavy atom. The number of nitrogens with zero attached hydrogens (tertiary/aromatic N) is 3. The van der Waals surface area contributed by atoms with Gasteiger partial charge in [-0.1, -0.05) is 23.2 Å². The molecule has 3 rings (SSSR count). The van der Waals surface area contributed by atoms with Crippen molar-refractivity contribution < 1.29 is 13.3 Å². The van der Waals surface area contributed by atoms with Crippen LogP contribution in [0.3, 0.4) is 0 Å². The van der Waals surface area contributed by atoms with Crippen molar-refractivity contribution in [1.29, 1.82) is 0 Å². The van der Waals surface area contributed by atoms with Gasteiger partial charge in [0, 0.05) is 49.0 Å². The average molecular weight is 430 g/mol. The largest absolute Gasteiger partial charge is 0.369 e. The van der Waals surface area contributed by atoms with Crippen LogP contribution in [-0.2, 0) is 10.0 Å². The second-order valence-electron chi connectivity index (χ2n) is 6.20. The molecular formula is C17H17Cl2N3O4S. The molecule has 1 fully saturated rings. The van der Waals surface area contributed by atoms with E-state index in [1.54, 1.807) is 19.1 Å². The maximum absolute atomic E-state index is 12.9. The summed E-state index contributed by atoms with van der Waals surface area (Å²) in [5, 5.41) is 11.3. The molecule has 0 bridgehead atoms. The summed E-state index contributed by atoms with van der Waals surface area (Å²) in [6.45, 7) is 3.25. The van der Waals surface area contributed by atoms with Gasteiger partial charge in [0.1, 0.15) is 4.90 Å². The Labute approximate surface area is 167 Å². The molecule has 2 aromatic rings. The highest BCUT2D eigenvalue weighted by Gasteiger charge is 2.30. The molecule has 0 atom stereocenters. The van der Waals surface area contributed by atoms with E-state index < -0.39 is 14.9 Å². The molecule has 1 heterocycles. The van der Waals surface area contributed by atoms with Crippen LogP contribution in [0, 0.1) is 17.0 Å². The Kier molecular flexibility index (Phi) is 5.62. The topological polar surface area (TPSA) is 83.8 Å². The SMILES string of the molecule is Cc1cc(S(=O)(=O)N2CCN(c3ccc([N+](=O)[O-])cc3)CC2)c(Cl)cc1Cl. The van der Waals surface area contributed by atoms with Crippen molar-refractivity contribution in [3.63, 3.8) is 0 Å². The van der Waals surface area contributed by atoms with Gasteiger partial charge in [0.25, 0.3) is 5.69 Å². The van der Waals surface area contributed by atoms with E-state index >= 15 is 0 Å². The average Bonchev–Trinajstić information content (AvgIpc) is 2.64. The Morgan fingerprint density at radius 1 is 1.00 bits per heavy atom. The quantitative estimate of drug-likeness (QED) is 0.545. The van der Waals surface area contributed by atoms with Gasteiger partial charge in [-0.05, 0) is 36.8 Å². The molecule has 0 aromatic heterocycles. The number of piperazine rings is 1. The fourth-order valence-electron chi connectivity index (χ4n) is 2.94. The molecule has 0 aliphatic carbocycles. The van der Waals surface area contributed by atoms with Crippen LogP contribution in [0.25, 0.3) is 0 Å². The van der Waals surface area contributed by atoms with Gasteiger partial charge in [0.05, 0.1) is 9.95 Å². The van der Waals surface area contributed by atoms with Crippen molar-refractivity contribution in [3.8, 4) is 0 Å². The molecular weight excluding hydrogens is 413 g/mol. The highest BCUT2D eigenvalue weighted by molar-refractivity contribution is 7.89. The van der Waals surface area contributed by atoms with Crippen LogP contribution in [0.1, 0.15) is 5.56 Å². The Morgan fingerprint density at radius 3 is 2.15 bits per heavy atom. The fourth-order valence-corrected chi connectivity index (χ4v) is 5.17. The number of nitro benzene ring substituents is 1. The summed E-state index contributed by atoms with van der Waals surface area (Å²) in [6.07, 6.45) is 0. The minimum atomic E-state index is -3.73. The summed E-state index contributed by atoms with van der Waals surface area (Å²) in [6, 6.07) is 9.15. The maximum atomic E-state index is 12.9. The Balaban J connectivity index is 1.75. The lowest BCUT2D eigenvalue weighted by atomic mass is 10.2. The third kappa shape index (κ3) is 4.03. The number of aryl methyl sites for hydroxylation is 1. The summed E-state index contributed by atoms with van der Waals surface area (Å²) >= 11 is 12.1. The lowest BCUT2D eigenvalue weighted by Gasteiger charge is -2.35. The molecule has 0 amide bonds. The second-order valence-corrected chi connectivity index (χ2v) is 8.92. The third-order valence-electron chi connectivity index (χ3n) is 4.50. The number of rotatable bonds is 4. The summed E-state index contributed by atoms with van der Waals surface area (Å²) in [4.78, 5) is 12.3. The van der Waals surface area contributed by atoms with Crippen molar-refractivity contribution in [2.24, 2.45) is 0 Å². The highest BCUT2D eigenvalue weighted by atomic mass is 35.5. The van der Waals surface area contributed by atoms with Gasteiger partial charge in [-0.25, -0.2) is 8.42 Å². The monoisotopic (exact) mass is 429 g/mol. The molecule has 0 spiro atoms. The first-order valence-electron chi connectivity index (χ1n) is 8.15. The van der Waals surface area contributed by atoms with Crippen LogP contribution < -0.4 is 4.90 Å².